The molecule has 0 bridgehead atoms. The molecule has 12 heavy (non-hydrogen) atoms. The van der Waals surface area contributed by atoms with Gasteiger partial charge in [0.2, 0.25) is 0 Å². The Morgan fingerprint density at radius 2 is 2.00 bits per heavy atom. The molecule has 1 aromatic rings. The summed E-state index contributed by atoms with van der Waals surface area (Å²) in [5.41, 5.74) is 14.4. The molecule has 0 saturated heterocycles. The third-order valence-corrected chi connectivity index (χ3v) is 1.88. The molecule has 5 N–H and O–H groups in total. The molecule has 0 atom stereocenters. The first kappa shape index (κ1) is 8.59. The van der Waals surface area contributed by atoms with E-state index >= 15 is 0 Å². The van der Waals surface area contributed by atoms with E-state index in [1.165, 1.54) is 6.21 Å². The summed E-state index contributed by atoms with van der Waals surface area (Å²) in [4.78, 5) is 0. The highest BCUT2D eigenvalue weighted by molar-refractivity contribution is 5.87. The lowest BCUT2D eigenvalue weighted by Crippen LogP contribution is -1.99. The molecule has 0 radical (unpaired) electrons. The average Bonchev–Trinajstić information content (AvgIpc) is 2.08. The van der Waals surface area contributed by atoms with Gasteiger partial charge in [0.15, 0.2) is 0 Å². The van der Waals surface area contributed by atoms with Gasteiger partial charge in [0.25, 0.3) is 0 Å². The first-order chi connectivity index (χ1) is 5.69. The van der Waals surface area contributed by atoms with Gasteiger partial charge in [0.05, 0.1) is 0 Å². The van der Waals surface area contributed by atoms with Crippen LogP contribution in [-0.4, -0.2) is 6.21 Å². The SMILES string of the molecule is CCc1cc(N)c(C=N)cc1N. The summed E-state index contributed by atoms with van der Waals surface area (Å²) < 4.78 is 0. The van der Waals surface area contributed by atoms with Crippen LogP contribution < -0.4 is 11.5 Å². The second-order valence-electron chi connectivity index (χ2n) is 2.68. The molecule has 0 aliphatic heterocycles. The topological polar surface area (TPSA) is 75.9 Å². The molecule has 3 nitrogen and oxygen atoms in total. The van der Waals surface area contributed by atoms with Crippen LogP contribution in [0, 0.1) is 5.41 Å². The number of anilines is 2. The summed E-state index contributed by atoms with van der Waals surface area (Å²) in [6.45, 7) is 2.02. The van der Waals surface area contributed by atoms with Crippen LogP contribution in [0.15, 0.2) is 12.1 Å². The molecule has 0 aromatic heterocycles. The standard InChI is InChI=1S/C9H13N3/c1-2-6-3-9(12)7(5-10)4-8(6)11/h3-5,10H,2,11-12H2,1H3. The third kappa shape index (κ3) is 1.39. The van der Waals surface area contributed by atoms with Crippen LogP contribution in [0.5, 0.6) is 0 Å². The van der Waals surface area contributed by atoms with Gasteiger partial charge in [-0.1, -0.05) is 6.92 Å². The van der Waals surface area contributed by atoms with Gasteiger partial charge in [0, 0.05) is 23.2 Å². The van der Waals surface area contributed by atoms with Gasteiger partial charge in [-0.3, -0.25) is 0 Å². The van der Waals surface area contributed by atoms with Crippen molar-refractivity contribution >= 4 is 17.6 Å². The minimum absolute atomic E-state index is 0.621. The molecule has 64 valence electrons. The normalized spacial score (nSPS) is 9.75. The predicted molar refractivity (Wildman–Crippen MR) is 52.5 cm³/mol. The van der Waals surface area contributed by atoms with E-state index in [0.717, 1.165) is 12.0 Å². The Balaban J connectivity index is 3.25. The zero-order valence-electron chi connectivity index (χ0n) is 7.09. The predicted octanol–water partition coefficient (Wildman–Crippen LogP) is 1.41. The highest BCUT2D eigenvalue weighted by atomic mass is 14.6. The van der Waals surface area contributed by atoms with E-state index in [-0.39, 0.29) is 0 Å². The third-order valence-electron chi connectivity index (χ3n) is 1.88. The Labute approximate surface area is 71.9 Å². The fourth-order valence-electron chi connectivity index (χ4n) is 1.13. The van der Waals surface area contributed by atoms with Crippen LogP contribution in [0.2, 0.25) is 0 Å². The molecular formula is C9H13N3. The van der Waals surface area contributed by atoms with Gasteiger partial charge >= 0.3 is 0 Å². The molecule has 0 aliphatic carbocycles. The van der Waals surface area contributed by atoms with Gasteiger partial charge in [-0.05, 0) is 24.1 Å². The summed E-state index contributed by atoms with van der Waals surface area (Å²) in [5.74, 6) is 0. The highest BCUT2D eigenvalue weighted by Crippen LogP contribution is 2.19. The number of benzene rings is 1. The molecule has 1 aromatic carbocycles. The van der Waals surface area contributed by atoms with Crippen molar-refractivity contribution in [1.29, 1.82) is 5.41 Å². The fourth-order valence-corrected chi connectivity index (χ4v) is 1.13. The smallest absolute Gasteiger partial charge is 0.0407 e. The Hall–Kier alpha value is -1.51. The molecular weight excluding hydrogens is 150 g/mol. The van der Waals surface area contributed by atoms with Gasteiger partial charge in [-0.15, -0.1) is 0 Å². The van der Waals surface area contributed by atoms with E-state index in [1.807, 2.05) is 13.0 Å². The molecule has 0 amide bonds. The van der Waals surface area contributed by atoms with Crippen molar-refractivity contribution in [3.05, 3.63) is 23.3 Å². The van der Waals surface area contributed by atoms with Gasteiger partial charge < -0.3 is 16.9 Å². The minimum atomic E-state index is 0.621. The van der Waals surface area contributed by atoms with E-state index in [0.29, 0.717) is 16.9 Å². The van der Waals surface area contributed by atoms with Gasteiger partial charge in [-0.25, -0.2) is 0 Å². The van der Waals surface area contributed by atoms with E-state index in [4.69, 9.17) is 16.9 Å². The summed E-state index contributed by atoms with van der Waals surface area (Å²) >= 11 is 0. The highest BCUT2D eigenvalue weighted by Gasteiger charge is 2.01. The fraction of sp³-hybridized carbons (Fsp3) is 0.222. The molecule has 3 heteroatoms. The molecule has 0 aliphatic rings. The number of hydrogen-bond donors (Lipinski definition) is 3. The van der Waals surface area contributed by atoms with Crippen molar-refractivity contribution < 1.29 is 0 Å². The van der Waals surface area contributed by atoms with Crippen molar-refractivity contribution in [1.82, 2.24) is 0 Å². The van der Waals surface area contributed by atoms with Crippen molar-refractivity contribution in [2.75, 3.05) is 11.5 Å². The maximum atomic E-state index is 7.05. The molecule has 0 spiro atoms. The zero-order chi connectivity index (χ0) is 9.14. The molecule has 0 fully saturated rings. The summed E-state index contributed by atoms with van der Waals surface area (Å²) in [5, 5.41) is 7.05. The average molecular weight is 163 g/mol. The first-order valence-corrected chi connectivity index (χ1v) is 3.87. The number of hydrogen-bond acceptors (Lipinski definition) is 3. The van der Waals surface area contributed by atoms with Crippen LogP contribution >= 0.6 is 0 Å². The summed E-state index contributed by atoms with van der Waals surface area (Å²) in [6.07, 6.45) is 2.08. The Bertz CT molecular complexity index is 305. The summed E-state index contributed by atoms with van der Waals surface area (Å²) in [7, 11) is 0. The minimum Gasteiger partial charge on any atom is -0.398 e. The molecule has 0 saturated carbocycles. The maximum Gasteiger partial charge on any atom is 0.0407 e. The van der Waals surface area contributed by atoms with Crippen LogP contribution in [0.4, 0.5) is 11.4 Å². The van der Waals surface area contributed by atoms with Gasteiger partial charge in [-0.2, -0.15) is 0 Å². The molecule has 1 rings (SSSR count). The van der Waals surface area contributed by atoms with Crippen molar-refractivity contribution in [3.63, 3.8) is 0 Å². The number of nitrogens with two attached hydrogens (primary N) is 2. The van der Waals surface area contributed by atoms with Crippen molar-refractivity contribution in [3.8, 4) is 0 Å². The lowest BCUT2D eigenvalue weighted by molar-refractivity contribution is 1.14. The summed E-state index contributed by atoms with van der Waals surface area (Å²) in [6, 6.07) is 3.57. The second-order valence-corrected chi connectivity index (χ2v) is 2.68. The van der Waals surface area contributed by atoms with Crippen molar-refractivity contribution in [2.24, 2.45) is 0 Å². The largest absolute Gasteiger partial charge is 0.398 e. The monoisotopic (exact) mass is 163 g/mol. The lowest BCUT2D eigenvalue weighted by atomic mass is 10.1. The number of aryl methyl sites for hydroxylation is 1. The Kier molecular flexibility index (Phi) is 2.33. The Morgan fingerprint density at radius 3 is 2.50 bits per heavy atom. The number of rotatable bonds is 2. The van der Waals surface area contributed by atoms with E-state index in [1.54, 1.807) is 6.07 Å². The van der Waals surface area contributed by atoms with E-state index < -0.39 is 0 Å². The molecule has 0 heterocycles. The van der Waals surface area contributed by atoms with Crippen LogP contribution in [0.25, 0.3) is 0 Å². The van der Waals surface area contributed by atoms with Crippen LogP contribution in [-0.2, 0) is 6.42 Å². The quantitative estimate of drug-likeness (QED) is 0.455. The molecule has 0 unspecified atom stereocenters. The second kappa shape index (κ2) is 3.26. The maximum absolute atomic E-state index is 7.05. The van der Waals surface area contributed by atoms with E-state index in [2.05, 4.69) is 0 Å². The van der Waals surface area contributed by atoms with Crippen LogP contribution in [0.1, 0.15) is 18.1 Å². The van der Waals surface area contributed by atoms with Gasteiger partial charge in [0.1, 0.15) is 0 Å². The lowest BCUT2D eigenvalue weighted by Gasteiger charge is -2.06. The number of nitrogens with one attached hydrogen (secondary N) is 1. The van der Waals surface area contributed by atoms with E-state index in [9.17, 15) is 0 Å². The van der Waals surface area contributed by atoms with Crippen molar-refractivity contribution in [2.45, 2.75) is 13.3 Å². The number of nitrogen functional groups attached to an aromatic ring is 2. The Morgan fingerprint density at radius 1 is 1.33 bits per heavy atom. The van der Waals surface area contributed by atoms with Crippen LogP contribution in [0.3, 0.4) is 0 Å². The first-order valence-electron chi connectivity index (χ1n) is 3.87. The zero-order valence-corrected chi connectivity index (χ0v) is 7.09.